The van der Waals surface area contributed by atoms with Crippen molar-refractivity contribution >= 4 is 0 Å². The van der Waals surface area contributed by atoms with Crippen LogP contribution in [0.3, 0.4) is 0 Å². The van der Waals surface area contributed by atoms with Gasteiger partial charge in [-0.25, -0.2) is 0 Å². The largest absolute Gasteiger partial charge is 0.198 e. The number of nitriles is 1. The van der Waals surface area contributed by atoms with E-state index in [-0.39, 0.29) is 0 Å². The van der Waals surface area contributed by atoms with Gasteiger partial charge in [-0.05, 0) is 36.5 Å². The second-order valence-electron chi connectivity index (χ2n) is 4.39. The van der Waals surface area contributed by atoms with Gasteiger partial charge in [-0.3, -0.25) is 0 Å². The maximum absolute atomic E-state index is 8.93. The number of hydrogen-bond acceptors (Lipinski definition) is 1. The van der Waals surface area contributed by atoms with Crippen LogP contribution in [0.4, 0.5) is 0 Å². The van der Waals surface area contributed by atoms with Crippen molar-refractivity contribution in [3.05, 3.63) is 0 Å². The van der Waals surface area contributed by atoms with Gasteiger partial charge in [0.05, 0.1) is 12.0 Å². The summed E-state index contributed by atoms with van der Waals surface area (Å²) in [5, 5.41) is 8.93. The van der Waals surface area contributed by atoms with Gasteiger partial charge in [-0.2, -0.15) is 5.26 Å². The summed E-state index contributed by atoms with van der Waals surface area (Å²) in [5.74, 6) is 3.49. The Kier molecular flexibility index (Phi) is 1.45. The van der Waals surface area contributed by atoms with Crippen LogP contribution in [0, 0.1) is 40.9 Å². The van der Waals surface area contributed by atoms with Crippen molar-refractivity contribution in [2.24, 2.45) is 29.6 Å². The Morgan fingerprint density at radius 1 is 1.27 bits per heavy atom. The van der Waals surface area contributed by atoms with E-state index in [9.17, 15) is 0 Å². The van der Waals surface area contributed by atoms with Crippen LogP contribution in [0.1, 0.15) is 26.7 Å². The first-order valence-electron chi connectivity index (χ1n) is 4.63. The second-order valence-corrected chi connectivity index (χ2v) is 4.39. The summed E-state index contributed by atoms with van der Waals surface area (Å²) in [6, 6.07) is 2.48. The van der Waals surface area contributed by atoms with Crippen molar-refractivity contribution in [3.8, 4) is 6.07 Å². The topological polar surface area (TPSA) is 23.8 Å². The van der Waals surface area contributed by atoms with Crippen LogP contribution in [0.5, 0.6) is 0 Å². The number of nitrogens with zero attached hydrogens (tertiary/aromatic N) is 1. The minimum Gasteiger partial charge on any atom is -0.198 e. The van der Waals surface area contributed by atoms with Crippen LogP contribution in [0.25, 0.3) is 0 Å². The van der Waals surface area contributed by atoms with Gasteiger partial charge in [0, 0.05) is 0 Å². The van der Waals surface area contributed by atoms with Gasteiger partial charge in [-0.15, -0.1) is 0 Å². The minimum atomic E-state index is 0.378. The summed E-state index contributed by atoms with van der Waals surface area (Å²) in [6.45, 7) is 4.56. The molecular formula is C10H15N. The Morgan fingerprint density at radius 2 is 2.00 bits per heavy atom. The highest BCUT2D eigenvalue weighted by Gasteiger charge is 2.48. The zero-order valence-electron chi connectivity index (χ0n) is 7.25. The Hall–Kier alpha value is -0.510. The first kappa shape index (κ1) is 7.16. The smallest absolute Gasteiger partial charge is 0.0661 e. The molecule has 2 rings (SSSR count). The van der Waals surface area contributed by atoms with Crippen LogP contribution < -0.4 is 0 Å². The third-order valence-electron chi connectivity index (χ3n) is 3.90. The molecule has 0 heterocycles. The first-order chi connectivity index (χ1) is 5.24. The lowest BCUT2D eigenvalue weighted by Gasteiger charge is -2.27. The maximum Gasteiger partial charge on any atom is 0.0661 e. The van der Waals surface area contributed by atoms with E-state index in [2.05, 4.69) is 19.9 Å². The first-order valence-corrected chi connectivity index (χ1v) is 4.63. The summed E-state index contributed by atoms with van der Waals surface area (Å²) in [4.78, 5) is 0. The molecule has 2 saturated carbocycles. The molecule has 0 spiro atoms. The van der Waals surface area contributed by atoms with Crippen LogP contribution in [-0.4, -0.2) is 0 Å². The lowest BCUT2D eigenvalue weighted by Crippen LogP contribution is -2.23. The van der Waals surface area contributed by atoms with Crippen LogP contribution in [-0.2, 0) is 0 Å². The molecule has 60 valence electrons. The third-order valence-corrected chi connectivity index (χ3v) is 3.90. The molecule has 0 aromatic rings. The fourth-order valence-corrected chi connectivity index (χ4v) is 3.16. The Bertz CT molecular complexity index is 203. The molecule has 5 atom stereocenters. The van der Waals surface area contributed by atoms with E-state index in [0.717, 1.165) is 17.8 Å². The third kappa shape index (κ3) is 0.819. The molecule has 1 nitrogen and oxygen atoms in total. The van der Waals surface area contributed by atoms with E-state index in [1.165, 1.54) is 12.8 Å². The summed E-state index contributed by atoms with van der Waals surface area (Å²) >= 11 is 0. The lowest BCUT2D eigenvalue weighted by molar-refractivity contribution is 0.231. The Labute approximate surface area is 68.4 Å². The van der Waals surface area contributed by atoms with Gasteiger partial charge in [0.2, 0.25) is 0 Å². The van der Waals surface area contributed by atoms with Crippen LogP contribution >= 0.6 is 0 Å². The average molecular weight is 149 g/mol. The van der Waals surface area contributed by atoms with E-state index in [1.807, 2.05) is 0 Å². The highest BCUT2D eigenvalue weighted by Crippen LogP contribution is 2.54. The van der Waals surface area contributed by atoms with E-state index in [1.54, 1.807) is 0 Å². The number of rotatable bonds is 0. The fourth-order valence-electron chi connectivity index (χ4n) is 3.16. The zero-order valence-corrected chi connectivity index (χ0v) is 7.25. The highest BCUT2D eigenvalue weighted by molar-refractivity contribution is 5.05. The summed E-state index contributed by atoms with van der Waals surface area (Å²) in [7, 11) is 0. The standard InChI is InChI=1S/C10H15N/c1-6-3-8-4-9(6)10(5-11)7(8)2/h6-10H,3-4H2,1-2H3/t6-,7+,8-,9-,10+/m0/s1. The quantitative estimate of drug-likeness (QED) is 0.519. The molecule has 11 heavy (non-hydrogen) atoms. The van der Waals surface area contributed by atoms with Gasteiger partial charge < -0.3 is 0 Å². The summed E-state index contributed by atoms with van der Waals surface area (Å²) in [5.41, 5.74) is 0. The molecule has 2 aliphatic rings. The molecule has 0 aliphatic heterocycles. The van der Waals surface area contributed by atoms with Gasteiger partial charge in [0.1, 0.15) is 0 Å². The van der Waals surface area contributed by atoms with E-state index in [4.69, 9.17) is 5.26 Å². The highest BCUT2D eigenvalue weighted by atomic mass is 14.5. The molecule has 2 aliphatic carbocycles. The zero-order chi connectivity index (χ0) is 8.01. The number of hydrogen-bond donors (Lipinski definition) is 0. The van der Waals surface area contributed by atoms with Gasteiger partial charge in [-0.1, -0.05) is 13.8 Å². The number of fused-ring (bicyclic) bond motifs is 2. The van der Waals surface area contributed by atoms with E-state index < -0.39 is 0 Å². The lowest BCUT2D eigenvalue weighted by atomic mass is 9.76. The van der Waals surface area contributed by atoms with Gasteiger partial charge in [0.25, 0.3) is 0 Å². The van der Waals surface area contributed by atoms with E-state index in [0.29, 0.717) is 11.8 Å². The molecule has 2 bridgehead atoms. The molecule has 0 N–H and O–H groups in total. The maximum atomic E-state index is 8.93. The van der Waals surface area contributed by atoms with Crippen molar-refractivity contribution in [1.29, 1.82) is 5.26 Å². The molecule has 0 unspecified atom stereocenters. The van der Waals surface area contributed by atoms with Crippen LogP contribution in [0.2, 0.25) is 0 Å². The molecule has 1 heteroatoms. The monoisotopic (exact) mass is 149 g/mol. The van der Waals surface area contributed by atoms with Crippen molar-refractivity contribution in [3.63, 3.8) is 0 Å². The second kappa shape index (κ2) is 2.24. The fraction of sp³-hybridized carbons (Fsp3) is 0.900. The van der Waals surface area contributed by atoms with Crippen LogP contribution in [0.15, 0.2) is 0 Å². The molecule has 0 aromatic heterocycles. The van der Waals surface area contributed by atoms with E-state index >= 15 is 0 Å². The predicted molar refractivity (Wildman–Crippen MR) is 43.6 cm³/mol. The molecule has 0 radical (unpaired) electrons. The van der Waals surface area contributed by atoms with Gasteiger partial charge in [0.15, 0.2) is 0 Å². The van der Waals surface area contributed by atoms with Crippen molar-refractivity contribution < 1.29 is 0 Å². The SMILES string of the molecule is C[C@@H]1[C@@H]2C[C@H]([C@@H]1C#N)[C@@H](C)C2. The Balaban J connectivity index is 2.21. The Morgan fingerprint density at radius 3 is 2.45 bits per heavy atom. The summed E-state index contributed by atoms with van der Waals surface area (Å²) < 4.78 is 0. The molecule has 0 aromatic carbocycles. The molecule has 2 fully saturated rings. The average Bonchev–Trinajstić information content (AvgIpc) is 2.45. The summed E-state index contributed by atoms with van der Waals surface area (Å²) in [6.07, 6.45) is 2.71. The van der Waals surface area contributed by atoms with Gasteiger partial charge >= 0.3 is 0 Å². The normalized spacial score (nSPS) is 54.5. The molecule has 0 amide bonds. The van der Waals surface area contributed by atoms with Crippen molar-refractivity contribution in [2.45, 2.75) is 26.7 Å². The van der Waals surface area contributed by atoms with Crippen molar-refractivity contribution in [2.75, 3.05) is 0 Å². The minimum absolute atomic E-state index is 0.378. The molecular weight excluding hydrogens is 134 g/mol. The molecule has 0 saturated heterocycles. The van der Waals surface area contributed by atoms with Crippen molar-refractivity contribution in [1.82, 2.24) is 0 Å². The predicted octanol–water partition coefficient (Wildman–Crippen LogP) is 2.44.